The number of hydrogen-bond acceptors (Lipinski definition) is 8. The zero-order chi connectivity index (χ0) is 28.1. The van der Waals surface area contributed by atoms with Crippen LogP contribution in [0.3, 0.4) is 0 Å². The second-order valence-electron chi connectivity index (χ2n) is 9.50. The fourth-order valence-electron chi connectivity index (χ4n) is 4.81. The van der Waals surface area contributed by atoms with Gasteiger partial charge in [0.1, 0.15) is 12.3 Å². The number of ether oxygens (including phenoxy) is 5. The second kappa shape index (κ2) is 12.4. The molecule has 2 heterocycles. The van der Waals surface area contributed by atoms with E-state index in [0.29, 0.717) is 48.1 Å². The SMILES string of the molecule is COc1ccc(C[C@H]2COC(=O)[C@@H]2Cc2ccc(OCc3cn(-c4ccc(Br)cc4)nn3)c(OC)c2)cc1OC. The summed E-state index contributed by atoms with van der Waals surface area (Å²) in [5, 5.41) is 8.40. The highest BCUT2D eigenvalue weighted by Gasteiger charge is 2.37. The Morgan fingerprint density at radius 3 is 2.23 bits per heavy atom. The quantitative estimate of drug-likeness (QED) is 0.215. The molecule has 2 atom stereocenters. The molecule has 5 rings (SSSR count). The lowest BCUT2D eigenvalue weighted by molar-refractivity contribution is -0.141. The van der Waals surface area contributed by atoms with Gasteiger partial charge in [-0.25, -0.2) is 4.68 Å². The summed E-state index contributed by atoms with van der Waals surface area (Å²) in [7, 11) is 4.82. The number of halogens is 1. The summed E-state index contributed by atoms with van der Waals surface area (Å²) in [6.45, 7) is 0.617. The molecule has 1 aliphatic rings. The monoisotopic (exact) mass is 607 g/mol. The summed E-state index contributed by atoms with van der Waals surface area (Å²) >= 11 is 3.44. The van der Waals surface area contributed by atoms with E-state index in [2.05, 4.69) is 26.2 Å². The largest absolute Gasteiger partial charge is 0.493 e. The minimum Gasteiger partial charge on any atom is -0.493 e. The standard InChI is InChI=1S/C30H30BrN3O6/c1-36-26-10-4-19(14-28(26)37-2)12-21-17-40-30(35)25(21)13-20-5-11-27(29(15-20)38-3)39-18-23-16-34(33-32-23)24-8-6-22(31)7-9-24/h4-11,14-16,21,25H,12-13,17-18H2,1-3H3/t21-,25+/m0/s1. The third-order valence-electron chi connectivity index (χ3n) is 6.95. The van der Waals surface area contributed by atoms with Crippen LogP contribution < -0.4 is 18.9 Å². The molecule has 4 aromatic rings. The first-order valence-corrected chi connectivity index (χ1v) is 13.6. The van der Waals surface area contributed by atoms with Crippen LogP contribution in [0.5, 0.6) is 23.0 Å². The molecule has 208 valence electrons. The van der Waals surface area contributed by atoms with Crippen molar-refractivity contribution in [3.63, 3.8) is 0 Å². The van der Waals surface area contributed by atoms with Gasteiger partial charge in [0.05, 0.1) is 45.7 Å². The topological polar surface area (TPSA) is 93.9 Å². The molecular weight excluding hydrogens is 578 g/mol. The molecule has 1 saturated heterocycles. The summed E-state index contributed by atoms with van der Waals surface area (Å²) in [6.07, 6.45) is 3.05. The molecule has 0 amide bonds. The minimum absolute atomic E-state index is 0.0425. The number of esters is 1. The van der Waals surface area contributed by atoms with Crippen LogP contribution in [0.4, 0.5) is 0 Å². The highest BCUT2D eigenvalue weighted by Crippen LogP contribution is 2.35. The number of rotatable bonds is 11. The molecule has 1 aromatic heterocycles. The van der Waals surface area contributed by atoms with Crippen LogP contribution in [0.1, 0.15) is 16.8 Å². The lowest BCUT2D eigenvalue weighted by Crippen LogP contribution is -2.20. The molecular formula is C30H30BrN3O6. The molecule has 0 aliphatic carbocycles. The van der Waals surface area contributed by atoms with Crippen LogP contribution in [0, 0.1) is 11.8 Å². The van der Waals surface area contributed by atoms with E-state index in [1.54, 1.807) is 26.0 Å². The van der Waals surface area contributed by atoms with Crippen molar-refractivity contribution in [1.29, 1.82) is 0 Å². The number of cyclic esters (lactones) is 1. The molecule has 9 nitrogen and oxygen atoms in total. The van der Waals surface area contributed by atoms with Gasteiger partial charge in [0, 0.05) is 10.4 Å². The Kier molecular flexibility index (Phi) is 8.54. The van der Waals surface area contributed by atoms with E-state index in [4.69, 9.17) is 23.7 Å². The third kappa shape index (κ3) is 6.22. The summed E-state index contributed by atoms with van der Waals surface area (Å²) in [5.41, 5.74) is 3.61. The van der Waals surface area contributed by atoms with Crippen LogP contribution in [0.2, 0.25) is 0 Å². The number of nitrogens with zero attached hydrogens (tertiary/aromatic N) is 3. The van der Waals surface area contributed by atoms with Crippen LogP contribution in [-0.2, 0) is 29.0 Å². The van der Waals surface area contributed by atoms with Crippen molar-refractivity contribution in [2.75, 3.05) is 27.9 Å². The molecule has 1 fully saturated rings. The number of benzene rings is 3. The van der Waals surface area contributed by atoms with Crippen LogP contribution in [-0.4, -0.2) is 48.9 Å². The van der Waals surface area contributed by atoms with E-state index in [0.717, 1.165) is 21.3 Å². The van der Waals surface area contributed by atoms with E-state index in [1.807, 2.05) is 66.9 Å². The van der Waals surface area contributed by atoms with Gasteiger partial charge >= 0.3 is 5.97 Å². The number of hydrogen-bond donors (Lipinski definition) is 0. The Labute approximate surface area is 241 Å². The molecule has 0 bridgehead atoms. The molecule has 1 aliphatic heterocycles. The predicted molar refractivity (Wildman–Crippen MR) is 151 cm³/mol. The lowest BCUT2D eigenvalue weighted by atomic mass is 9.85. The number of carbonyl (C=O) groups excluding carboxylic acids is 1. The molecule has 3 aromatic carbocycles. The molecule has 10 heteroatoms. The second-order valence-corrected chi connectivity index (χ2v) is 10.4. The number of carbonyl (C=O) groups is 1. The van der Waals surface area contributed by atoms with Gasteiger partial charge in [-0.3, -0.25) is 4.79 Å². The highest BCUT2D eigenvalue weighted by molar-refractivity contribution is 9.10. The molecule has 40 heavy (non-hydrogen) atoms. The van der Waals surface area contributed by atoms with Gasteiger partial charge in [0.15, 0.2) is 23.0 Å². The van der Waals surface area contributed by atoms with E-state index in [-0.39, 0.29) is 24.4 Å². The summed E-state index contributed by atoms with van der Waals surface area (Å²) < 4.78 is 30.5. The highest BCUT2D eigenvalue weighted by atomic mass is 79.9. The van der Waals surface area contributed by atoms with Crippen molar-refractivity contribution < 1.29 is 28.5 Å². The lowest BCUT2D eigenvalue weighted by Gasteiger charge is -2.17. The summed E-state index contributed by atoms with van der Waals surface area (Å²) in [5.74, 6) is 2.10. The van der Waals surface area contributed by atoms with E-state index < -0.39 is 0 Å². The zero-order valence-electron chi connectivity index (χ0n) is 22.5. The fourth-order valence-corrected chi connectivity index (χ4v) is 5.08. The Hall–Kier alpha value is -4.05. The van der Waals surface area contributed by atoms with Crippen LogP contribution >= 0.6 is 15.9 Å². The zero-order valence-corrected chi connectivity index (χ0v) is 24.1. The minimum atomic E-state index is -0.266. The predicted octanol–water partition coefficient (Wildman–Crippen LogP) is 5.21. The van der Waals surface area contributed by atoms with Gasteiger partial charge in [-0.2, -0.15) is 0 Å². The smallest absolute Gasteiger partial charge is 0.309 e. The van der Waals surface area contributed by atoms with Crippen molar-refractivity contribution in [1.82, 2.24) is 15.0 Å². The fraction of sp³-hybridized carbons (Fsp3) is 0.300. The van der Waals surface area contributed by atoms with Crippen LogP contribution in [0.15, 0.2) is 71.3 Å². The van der Waals surface area contributed by atoms with Crippen molar-refractivity contribution in [2.24, 2.45) is 11.8 Å². The average molecular weight is 608 g/mol. The maximum Gasteiger partial charge on any atom is 0.309 e. The molecule has 0 unspecified atom stereocenters. The summed E-state index contributed by atoms with van der Waals surface area (Å²) in [4.78, 5) is 12.7. The van der Waals surface area contributed by atoms with Crippen LogP contribution in [0.25, 0.3) is 5.69 Å². The molecule has 0 N–H and O–H groups in total. The first kappa shape index (κ1) is 27.5. The van der Waals surface area contributed by atoms with Gasteiger partial charge in [-0.15, -0.1) is 5.10 Å². The third-order valence-corrected chi connectivity index (χ3v) is 7.48. The molecule has 0 radical (unpaired) electrons. The van der Waals surface area contributed by atoms with Crippen molar-refractivity contribution >= 4 is 21.9 Å². The Morgan fingerprint density at radius 2 is 1.52 bits per heavy atom. The Bertz CT molecular complexity index is 1470. The van der Waals surface area contributed by atoms with Gasteiger partial charge in [0.25, 0.3) is 0 Å². The van der Waals surface area contributed by atoms with Gasteiger partial charge in [-0.05, 0) is 72.5 Å². The molecule has 0 saturated carbocycles. The first-order chi connectivity index (χ1) is 19.5. The molecule has 0 spiro atoms. The van der Waals surface area contributed by atoms with Gasteiger partial charge in [0.2, 0.25) is 0 Å². The van der Waals surface area contributed by atoms with E-state index in [9.17, 15) is 4.79 Å². The maximum atomic E-state index is 12.7. The normalized spacial score (nSPS) is 16.4. The van der Waals surface area contributed by atoms with Gasteiger partial charge in [-0.1, -0.05) is 33.3 Å². The number of methoxy groups -OCH3 is 3. The van der Waals surface area contributed by atoms with Crippen molar-refractivity contribution in [3.8, 4) is 28.7 Å². The average Bonchev–Trinajstić information content (AvgIpc) is 3.59. The van der Waals surface area contributed by atoms with E-state index >= 15 is 0 Å². The van der Waals surface area contributed by atoms with E-state index in [1.165, 1.54) is 0 Å². The summed E-state index contributed by atoms with van der Waals surface area (Å²) in [6, 6.07) is 19.3. The van der Waals surface area contributed by atoms with Crippen molar-refractivity contribution in [3.05, 3.63) is 88.2 Å². The Balaban J connectivity index is 1.24. The van der Waals surface area contributed by atoms with Crippen molar-refractivity contribution in [2.45, 2.75) is 19.4 Å². The number of aromatic nitrogens is 3. The van der Waals surface area contributed by atoms with Gasteiger partial charge < -0.3 is 23.7 Å². The maximum absolute atomic E-state index is 12.7. The Morgan fingerprint density at radius 1 is 0.875 bits per heavy atom. The first-order valence-electron chi connectivity index (χ1n) is 12.8.